The molecule has 0 saturated carbocycles. The van der Waals surface area contributed by atoms with Crippen LogP contribution in [0.5, 0.6) is 0 Å². The normalized spacial score (nSPS) is 19.6. The number of hydrogen-bond acceptors (Lipinski definition) is 7. The van der Waals surface area contributed by atoms with Gasteiger partial charge in [-0.25, -0.2) is 0 Å². The van der Waals surface area contributed by atoms with Crippen molar-refractivity contribution in [2.24, 2.45) is 0 Å². The van der Waals surface area contributed by atoms with Gasteiger partial charge in [-0.1, -0.05) is 24.3 Å². The zero-order valence-corrected chi connectivity index (χ0v) is 18.1. The van der Waals surface area contributed by atoms with Gasteiger partial charge in [0, 0.05) is 44.0 Å². The quantitative estimate of drug-likeness (QED) is 0.556. The van der Waals surface area contributed by atoms with Gasteiger partial charge in [0.2, 0.25) is 5.78 Å². The van der Waals surface area contributed by atoms with Crippen LogP contribution in [-0.4, -0.2) is 71.0 Å². The average Bonchev–Trinajstić information content (AvgIpc) is 3.40. The van der Waals surface area contributed by atoms with Crippen molar-refractivity contribution < 1.29 is 23.8 Å². The highest BCUT2D eigenvalue weighted by Gasteiger charge is 2.44. The third-order valence-corrected chi connectivity index (χ3v) is 6.17. The summed E-state index contributed by atoms with van der Waals surface area (Å²) in [6.07, 6.45) is 3.96. The molecule has 2 aromatic heterocycles. The van der Waals surface area contributed by atoms with Crippen molar-refractivity contribution in [1.29, 1.82) is 0 Å². The molecule has 0 aliphatic carbocycles. The summed E-state index contributed by atoms with van der Waals surface area (Å²) in [6.45, 7) is 4.34. The van der Waals surface area contributed by atoms with E-state index in [1.54, 1.807) is 35.5 Å². The molecule has 0 bridgehead atoms. The first-order valence-electron chi connectivity index (χ1n) is 11.1. The Kier molecular flexibility index (Phi) is 5.93. The van der Waals surface area contributed by atoms with Gasteiger partial charge in [0.05, 0.1) is 24.8 Å². The van der Waals surface area contributed by atoms with E-state index in [1.165, 1.54) is 0 Å². The number of hydrogen-bond donors (Lipinski definition) is 1. The maximum absolute atomic E-state index is 13.5. The van der Waals surface area contributed by atoms with Crippen molar-refractivity contribution in [2.45, 2.75) is 12.5 Å². The number of furan rings is 1. The second kappa shape index (κ2) is 9.17. The van der Waals surface area contributed by atoms with Crippen LogP contribution in [0.4, 0.5) is 0 Å². The summed E-state index contributed by atoms with van der Waals surface area (Å²) in [4.78, 5) is 34.6. The average molecular weight is 447 g/mol. The van der Waals surface area contributed by atoms with Gasteiger partial charge in [-0.05, 0) is 30.2 Å². The van der Waals surface area contributed by atoms with Crippen LogP contribution in [-0.2, 0) is 9.53 Å². The number of aliphatic hydroxyl groups excluding tert-OH is 1. The van der Waals surface area contributed by atoms with Gasteiger partial charge in [-0.2, -0.15) is 0 Å². The molecule has 2 aliphatic heterocycles. The van der Waals surface area contributed by atoms with E-state index in [2.05, 4.69) is 9.88 Å². The van der Waals surface area contributed by atoms with Gasteiger partial charge in [-0.15, -0.1) is 0 Å². The molecule has 2 aliphatic rings. The predicted molar refractivity (Wildman–Crippen MR) is 121 cm³/mol. The topological polar surface area (TPSA) is 96.1 Å². The van der Waals surface area contributed by atoms with Crippen molar-refractivity contribution >= 4 is 22.7 Å². The summed E-state index contributed by atoms with van der Waals surface area (Å²) in [5, 5.41) is 11.6. The third kappa shape index (κ3) is 4.15. The van der Waals surface area contributed by atoms with E-state index in [-0.39, 0.29) is 11.3 Å². The fourth-order valence-corrected chi connectivity index (χ4v) is 4.52. The lowest BCUT2D eigenvalue weighted by Crippen LogP contribution is -2.39. The van der Waals surface area contributed by atoms with Crippen molar-refractivity contribution in [1.82, 2.24) is 14.8 Å². The molecule has 1 atom stereocenters. The number of amides is 1. The van der Waals surface area contributed by atoms with Crippen molar-refractivity contribution in [3.8, 4) is 0 Å². The van der Waals surface area contributed by atoms with Gasteiger partial charge in [-0.3, -0.25) is 19.5 Å². The summed E-state index contributed by atoms with van der Waals surface area (Å²) in [7, 11) is 0. The molecule has 4 heterocycles. The lowest BCUT2D eigenvalue weighted by atomic mass is 9.96. The van der Waals surface area contributed by atoms with E-state index >= 15 is 0 Å². The number of rotatable bonds is 7. The molecule has 1 N–H and O–H groups in total. The first-order chi connectivity index (χ1) is 16.1. The largest absolute Gasteiger partial charge is 0.503 e. The number of para-hydroxylation sites is 1. The molecule has 1 aromatic carbocycles. The highest BCUT2D eigenvalue weighted by Crippen LogP contribution is 2.39. The molecule has 1 saturated heterocycles. The minimum absolute atomic E-state index is 0.0263. The number of benzene rings is 1. The van der Waals surface area contributed by atoms with E-state index in [9.17, 15) is 14.7 Å². The number of morpholine rings is 1. The first-order valence-corrected chi connectivity index (χ1v) is 11.1. The molecular formula is C25H25N3O5. The summed E-state index contributed by atoms with van der Waals surface area (Å²) < 4.78 is 11.1. The number of fused-ring (bicyclic) bond motifs is 1. The van der Waals surface area contributed by atoms with Crippen LogP contribution in [0.25, 0.3) is 11.0 Å². The molecule has 0 radical (unpaired) electrons. The smallest absolute Gasteiger partial charge is 0.290 e. The van der Waals surface area contributed by atoms with Gasteiger partial charge in [0.15, 0.2) is 11.5 Å². The third-order valence-electron chi connectivity index (χ3n) is 6.17. The van der Waals surface area contributed by atoms with Crippen LogP contribution in [0.2, 0.25) is 0 Å². The Morgan fingerprint density at radius 3 is 2.70 bits per heavy atom. The standard InChI is InChI=1S/C25H25N3O5/c29-23(20-15-17-5-1-2-7-19(17)33-20)21-22(18-6-3-8-26-16-18)28(25(31)24(21)30)10-4-9-27-11-13-32-14-12-27/h1-3,5-8,15-16,22,30H,4,9-14H2/t22-/m1/s1. The van der Waals surface area contributed by atoms with Crippen LogP contribution >= 0.6 is 0 Å². The lowest BCUT2D eigenvalue weighted by Gasteiger charge is -2.29. The minimum atomic E-state index is -0.725. The maximum atomic E-state index is 13.5. The molecule has 1 fully saturated rings. The molecule has 0 spiro atoms. The number of pyridine rings is 1. The first kappa shape index (κ1) is 21.4. The molecule has 170 valence electrons. The number of Topliss-reactive ketones (excluding diaryl/α,β-unsaturated/α-hetero) is 1. The number of carbonyl (C=O) groups is 2. The molecule has 0 unspecified atom stereocenters. The van der Waals surface area contributed by atoms with E-state index < -0.39 is 23.5 Å². The number of ether oxygens (including phenoxy) is 1. The Labute approximate surface area is 191 Å². The van der Waals surface area contributed by atoms with Gasteiger partial charge >= 0.3 is 0 Å². The van der Waals surface area contributed by atoms with E-state index in [4.69, 9.17) is 9.15 Å². The molecule has 1 amide bonds. The fraction of sp³-hybridized carbons (Fsp3) is 0.320. The molecule has 5 rings (SSSR count). The summed E-state index contributed by atoms with van der Waals surface area (Å²) >= 11 is 0. The van der Waals surface area contributed by atoms with Crippen molar-refractivity contribution in [3.05, 3.63) is 77.5 Å². The van der Waals surface area contributed by atoms with Crippen molar-refractivity contribution in [2.75, 3.05) is 39.4 Å². The Hall–Kier alpha value is -3.49. The number of aliphatic hydroxyl groups is 1. The van der Waals surface area contributed by atoms with Crippen LogP contribution in [0.15, 0.2) is 70.6 Å². The van der Waals surface area contributed by atoms with E-state index in [0.29, 0.717) is 37.3 Å². The summed E-state index contributed by atoms with van der Waals surface area (Å²) in [5.74, 6) is -1.48. The second-order valence-electron chi connectivity index (χ2n) is 8.23. The molecule has 33 heavy (non-hydrogen) atoms. The highest BCUT2D eigenvalue weighted by atomic mass is 16.5. The summed E-state index contributed by atoms with van der Waals surface area (Å²) in [5.41, 5.74) is 1.27. The van der Waals surface area contributed by atoms with E-state index in [1.807, 2.05) is 24.3 Å². The Balaban J connectivity index is 1.43. The Bertz CT molecular complexity index is 1160. The predicted octanol–water partition coefficient (Wildman–Crippen LogP) is 3.13. The van der Waals surface area contributed by atoms with Crippen LogP contribution in [0.1, 0.15) is 28.6 Å². The summed E-state index contributed by atoms with van der Waals surface area (Å²) in [6, 6.07) is 11.8. The number of aromatic nitrogens is 1. The zero-order valence-electron chi connectivity index (χ0n) is 18.1. The highest BCUT2D eigenvalue weighted by molar-refractivity contribution is 6.15. The lowest BCUT2D eigenvalue weighted by molar-refractivity contribution is -0.129. The fourth-order valence-electron chi connectivity index (χ4n) is 4.52. The molecular weight excluding hydrogens is 422 g/mol. The number of carbonyl (C=O) groups excluding carboxylic acids is 2. The van der Waals surface area contributed by atoms with Crippen LogP contribution < -0.4 is 0 Å². The van der Waals surface area contributed by atoms with Gasteiger partial charge < -0.3 is 19.2 Å². The van der Waals surface area contributed by atoms with Gasteiger partial charge in [0.25, 0.3) is 5.91 Å². The van der Waals surface area contributed by atoms with E-state index in [0.717, 1.165) is 25.0 Å². The molecule has 8 nitrogen and oxygen atoms in total. The molecule has 3 aromatic rings. The Morgan fingerprint density at radius 1 is 1.12 bits per heavy atom. The number of ketones is 1. The monoisotopic (exact) mass is 447 g/mol. The number of nitrogens with zero attached hydrogens (tertiary/aromatic N) is 3. The van der Waals surface area contributed by atoms with Gasteiger partial charge in [0.1, 0.15) is 5.58 Å². The Morgan fingerprint density at radius 2 is 1.94 bits per heavy atom. The zero-order chi connectivity index (χ0) is 22.8. The second-order valence-corrected chi connectivity index (χ2v) is 8.23. The SMILES string of the molecule is O=C(C1=C(O)C(=O)N(CCCN2CCOCC2)[C@@H]1c1cccnc1)c1cc2ccccc2o1. The minimum Gasteiger partial charge on any atom is -0.503 e. The maximum Gasteiger partial charge on any atom is 0.290 e. The van der Waals surface area contributed by atoms with Crippen molar-refractivity contribution in [3.63, 3.8) is 0 Å². The van der Waals surface area contributed by atoms with Crippen LogP contribution in [0, 0.1) is 0 Å². The molecule has 8 heteroatoms. The van der Waals surface area contributed by atoms with Crippen LogP contribution in [0.3, 0.4) is 0 Å².